The van der Waals surface area contributed by atoms with Gasteiger partial charge in [0.25, 0.3) is 0 Å². The van der Waals surface area contributed by atoms with E-state index in [2.05, 4.69) is 6.58 Å². The molecule has 1 amide bonds. The van der Waals surface area contributed by atoms with Crippen LogP contribution in [0.5, 0.6) is 0 Å². The number of rotatable bonds is 6. The van der Waals surface area contributed by atoms with Gasteiger partial charge in [-0.3, -0.25) is 9.59 Å². The average molecular weight is 225 g/mol. The van der Waals surface area contributed by atoms with E-state index in [0.717, 1.165) is 12.8 Å². The van der Waals surface area contributed by atoms with E-state index >= 15 is 0 Å². The SMILES string of the molecule is C=CCN(C(=O)C(C)C(C)C(=O)O)C1CC1. The van der Waals surface area contributed by atoms with Crippen molar-refractivity contribution in [2.75, 3.05) is 6.54 Å². The molecule has 0 aromatic heterocycles. The van der Waals surface area contributed by atoms with E-state index in [1.165, 1.54) is 0 Å². The molecule has 0 aromatic rings. The molecule has 0 bridgehead atoms. The zero-order chi connectivity index (χ0) is 12.3. The summed E-state index contributed by atoms with van der Waals surface area (Å²) < 4.78 is 0. The van der Waals surface area contributed by atoms with Gasteiger partial charge < -0.3 is 10.0 Å². The first-order valence-electron chi connectivity index (χ1n) is 5.63. The Balaban J connectivity index is 2.65. The second-order valence-corrected chi connectivity index (χ2v) is 4.43. The van der Waals surface area contributed by atoms with Crippen LogP contribution in [0.4, 0.5) is 0 Å². The number of carboxylic acid groups (broad SMARTS) is 1. The van der Waals surface area contributed by atoms with Gasteiger partial charge in [0.05, 0.1) is 5.92 Å². The molecule has 4 nitrogen and oxygen atoms in total. The molecule has 1 saturated carbocycles. The minimum Gasteiger partial charge on any atom is -0.481 e. The fraction of sp³-hybridized carbons (Fsp3) is 0.667. The van der Waals surface area contributed by atoms with E-state index in [1.54, 1.807) is 24.8 Å². The maximum absolute atomic E-state index is 12.1. The molecule has 90 valence electrons. The van der Waals surface area contributed by atoms with Crippen LogP contribution in [-0.4, -0.2) is 34.5 Å². The van der Waals surface area contributed by atoms with Gasteiger partial charge in [0.15, 0.2) is 0 Å². The molecule has 1 rings (SSSR count). The molecule has 1 aliphatic rings. The molecule has 0 aliphatic heterocycles. The van der Waals surface area contributed by atoms with Gasteiger partial charge in [0.1, 0.15) is 0 Å². The molecular formula is C12H19NO3. The van der Waals surface area contributed by atoms with Crippen LogP contribution in [0.25, 0.3) is 0 Å². The van der Waals surface area contributed by atoms with Crippen molar-refractivity contribution in [3.8, 4) is 0 Å². The first-order valence-corrected chi connectivity index (χ1v) is 5.63. The fourth-order valence-corrected chi connectivity index (χ4v) is 1.63. The highest BCUT2D eigenvalue weighted by Crippen LogP contribution is 2.29. The maximum atomic E-state index is 12.1. The number of aliphatic carboxylic acids is 1. The van der Waals surface area contributed by atoms with Crippen molar-refractivity contribution >= 4 is 11.9 Å². The highest BCUT2D eigenvalue weighted by atomic mass is 16.4. The van der Waals surface area contributed by atoms with Gasteiger partial charge in [0.2, 0.25) is 5.91 Å². The first kappa shape index (κ1) is 12.7. The summed E-state index contributed by atoms with van der Waals surface area (Å²) in [5.41, 5.74) is 0. The van der Waals surface area contributed by atoms with Gasteiger partial charge in [-0.15, -0.1) is 6.58 Å². The van der Waals surface area contributed by atoms with Gasteiger partial charge in [0, 0.05) is 18.5 Å². The van der Waals surface area contributed by atoms with Crippen LogP contribution in [0.1, 0.15) is 26.7 Å². The Labute approximate surface area is 95.9 Å². The molecule has 0 spiro atoms. The summed E-state index contributed by atoms with van der Waals surface area (Å²) in [5, 5.41) is 8.88. The molecule has 1 aliphatic carbocycles. The maximum Gasteiger partial charge on any atom is 0.307 e. The molecule has 0 saturated heterocycles. The second-order valence-electron chi connectivity index (χ2n) is 4.43. The molecule has 4 heteroatoms. The van der Waals surface area contributed by atoms with E-state index in [9.17, 15) is 9.59 Å². The molecule has 1 fully saturated rings. The van der Waals surface area contributed by atoms with Gasteiger partial charge in [-0.25, -0.2) is 0 Å². The van der Waals surface area contributed by atoms with Crippen molar-refractivity contribution in [3.63, 3.8) is 0 Å². The number of hydrogen-bond acceptors (Lipinski definition) is 2. The van der Waals surface area contributed by atoms with E-state index in [4.69, 9.17) is 5.11 Å². The normalized spacial score (nSPS) is 18.6. The summed E-state index contributed by atoms with van der Waals surface area (Å²) in [6.45, 7) is 7.39. The Bertz CT molecular complexity index is 297. The quantitative estimate of drug-likeness (QED) is 0.697. The Hall–Kier alpha value is -1.32. The third-order valence-electron chi connectivity index (χ3n) is 3.13. The number of nitrogens with zero attached hydrogens (tertiary/aromatic N) is 1. The average Bonchev–Trinajstić information content (AvgIpc) is 3.06. The lowest BCUT2D eigenvalue weighted by Gasteiger charge is -2.26. The number of carboxylic acids is 1. The molecule has 1 N–H and O–H groups in total. The standard InChI is InChI=1S/C12H19NO3/c1-4-7-13(10-5-6-10)11(14)8(2)9(3)12(15)16/h4,8-10H,1,5-7H2,2-3H3,(H,15,16). The number of carbonyl (C=O) groups is 2. The Morgan fingerprint density at radius 3 is 2.38 bits per heavy atom. The summed E-state index contributed by atoms with van der Waals surface area (Å²) in [4.78, 5) is 24.6. The number of carbonyl (C=O) groups excluding carboxylic acids is 1. The second kappa shape index (κ2) is 5.14. The summed E-state index contributed by atoms with van der Waals surface area (Å²) in [6.07, 6.45) is 3.73. The van der Waals surface area contributed by atoms with Crippen LogP contribution in [0.15, 0.2) is 12.7 Å². The van der Waals surface area contributed by atoms with Crippen molar-refractivity contribution in [1.82, 2.24) is 4.90 Å². The van der Waals surface area contributed by atoms with E-state index < -0.39 is 17.8 Å². The summed E-state index contributed by atoms with van der Waals surface area (Å²) >= 11 is 0. The number of hydrogen-bond donors (Lipinski definition) is 1. The van der Waals surface area contributed by atoms with Crippen molar-refractivity contribution in [1.29, 1.82) is 0 Å². The van der Waals surface area contributed by atoms with Crippen molar-refractivity contribution in [2.45, 2.75) is 32.7 Å². The minimum absolute atomic E-state index is 0.0719. The Kier molecular flexibility index (Phi) is 4.10. The van der Waals surface area contributed by atoms with Crippen LogP contribution < -0.4 is 0 Å². The Morgan fingerprint density at radius 1 is 1.44 bits per heavy atom. The topological polar surface area (TPSA) is 57.6 Å². The van der Waals surface area contributed by atoms with Gasteiger partial charge >= 0.3 is 5.97 Å². The van der Waals surface area contributed by atoms with E-state index in [0.29, 0.717) is 12.6 Å². The smallest absolute Gasteiger partial charge is 0.307 e. The van der Waals surface area contributed by atoms with Gasteiger partial charge in [-0.1, -0.05) is 19.9 Å². The lowest BCUT2D eigenvalue weighted by Crippen LogP contribution is -2.40. The van der Waals surface area contributed by atoms with Crippen molar-refractivity contribution in [3.05, 3.63) is 12.7 Å². The molecule has 16 heavy (non-hydrogen) atoms. The van der Waals surface area contributed by atoms with Crippen LogP contribution in [-0.2, 0) is 9.59 Å². The zero-order valence-electron chi connectivity index (χ0n) is 9.85. The highest BCUT2D eigenvalue weighted by molar-refractivity contribution is 5.84. The molecule has 0 radical (unpaired) electrons. The van der Waals surface area contributed by atoms with Crippen LogP contribution in [0.2, 0.25) is 0 Å². The van der Waals surface area contributed by atoms with Crippen LogP contribution in [0, 0.1) is 11.8 Å². The zero-order valence-corrected chi connectivity index (χ0v) is 9.85. The summed E-state index contributed by atoms with van der Waals surface area (Å²) in [6, 6.07) is 0.300. The summed E-state index contributed by atoms with van der Waals surface area (Å²) in [5.74, 6) is -2.11. The third kappa shape index (κ3) is 2.84. The molecule has 0 heterocycles. The highest BCUT2D eigenvalue weighted by Gasteiger charge is 2.36. The monoisotopic (exact) mass is 225 g/mol. The largest absolute Gasteiger partial charge is 0.481 e. The molecule has 2 unspecified atom stereocenters. The van der Waals surface area contributed by atoms with Gasteiger partial charge in [-0.2, -0.15) is 0 Å². The molecule has 2 atom stereocenters. The van der Waals surface area contributed by atoms with Crippen molar-refractivity contribution < 1.29 is 14.7 Å². The Morgan fingerprint density at radius 2 is 2.00 bits per heavy atom. The lowest BCUT2D eigenvalue weighted by molar-refractivity contribution is -0.149. The van der Waals surface area contributed by atoms with Crippen molar-refractivity contribution in [2.24, 2.45) is 11.8 Å². The predicted octanol–water partition coefficient (Wildman–Crippen LogP) is 1.52. The van der Waals surface area contributed by atoms with E-state index in [1.807, 2.05) is 0 Å². The van der Waals surface area contributed by atoms with Gasteiger partial charge in [-0.05, 0) is 12.8 Å². The lowest BCUT2D eigenvalue weighted by atomic mass is 9.94. The minimum atomic E-state index is -0.921. The first-order chi connectivity index (χ1) is 7.49. The van der Waals surface area contributed by atoms with Crippen LogP contribution >= 0.6 is 0 Å². The number of amides is 1. The predicted molar refractivity (Wildman–Crippen MR) is 60.9 cm³/mol. The third-order valence-corrected chi connectivity index (χ3v) is 3.13. The van der Waals surface area contributed by atoms with Crippen LogP contribution in [0.3, 0.4) is 0 Å². The molecular weight excluding hydrogens is 206 g/mol. The summed E-state index contributed by atoms with van der Waals surface area (Å²) in [7, 11) is 0. The molecule has 0 aromatic carbocycles. The fourth-order valence-electron chi connectivity index (χ4n) is 1.63. The van der Waals surface area contributed by atoms with E-state index in [-0.39, 0.29) is 5.91 Å².